The second-order valence-electron chi connectivity index (χ2n) is 13.3. The molecule has 5 heteroatoms. The predicted molar refractivity (Wildman–Crippen MR) is 118 cm³/mol. The molecule has 1 aliphatic heterocycles. The summed E-state index contributed by atoms with van der Waals surface area (Å²) in [4.78, 5) is 25.4. The van der Waals surface area contributed by atoms with Crippen LogP contribution in [0.1, 0.15) is 87.0 Å². The van der Waals surface area contributed by atoms with Crippen molar-refractivity contribution in [3.63, 3.8) is 0 Å². The molecule has 0 aromatic carbocycles. The van der Waals surface area contributed by atoms with Gasteiger partial charge < -0.3 is 14.2 Å². The Kier molecular flexibility index (Phi) is 5.55. The lowest BCUT2D eigenvalue weighted by Crippen LogP contribution is -2.44. The molecule has 176 valence electrons. The number of fused-ring (bicyclic) bond motifs is 2. The second kappa shape index (κ2) is 7.46. The lowest BCUT2D eigenvalue weighted by Gasteiger charge is -2.43. The summed E-state index contributed by atoms with van der Waals surface area (Å²) in [5, 5.41) is 0. The highest BCUT2D eigenvalue weighted by Crippen LogP contribution is 2.68. The van der Waals surface area contributed by atoms with Crippen molar-refractivity contribution in [1.29, 1.82) is 0 Å². The van der Waals surface area contributed by atoms with Crippen LogP contribution in [0.25, 0.3) is 0 Å². The van der Waals surface area contributed by atoms with Crippen molar-refractivity contribution in [2.75, 3.05) is 13.2 Å². The van der Waals surface area contributed by atoms with Crippen LogP contribution >= 0.6 is 0 Å². The molecule has 4 aliphatic rings. The molecule has 3 saturated carbocycles. The molecule has 7 unspecified atom stereocenters. The van der Waals surface area contributed by atoms with E-state index in [1.807, 2.05) is 6.92 Å². The van der Waals surface area contributed by atoms with Crippen LogP contribution < -0.4 is 0 Å². The fourth-order valence-corrected chi connectivity index (χ4v) is 7.24. The van der Waals surface area contributed by atoms with Crippen molar-refractivity contribution < 1.29 is 23.8 Å². The molecule has 0 aromatic rings. The number of carbonyl (C=O) groups is 2. The number of ether oxygens (including phenoxy) is 3. The Bertz CT molecular complexity index is 731. The average molecular weight is 435 g/mol. The van der Waals surface area contributed by atoms with E-state index in [0.717, 1.165) is 25.7 Å². The fraction of sp³-hybridized carbons (Fsp3) is 0.923. The molecule has 4 fully saturated rings. The van der Waals surface area contributed by atoms with Gasteiger partial charge in [0.25, 0.3) is 0 Å². The number of hydrogen-bond donors (Lipinski definition) is 0. The van der Waals surface area contributed by atoms with Crippen molar-refractivity contribution in [2.24, 2.45) is 39.4 Å². The minimum atomic E-state index is -0.542. The van der Waals surface area contributed by atoms with Gasteiger partial charge in [-0.2, -0.15) is 0 Å². The number of carbonyl (C=O) groups excluding carboxylic acids is 2. The van der Waals surface area contributed by atoms with Gasteiger partial charge in [0.2, 0.25) is 0 Å². The van der Waals surface area contributed by atoms with E-state index < -0.39 is 5.41 Å². The predicted octanol–water partition coefficient (Wildman–Crippen LogP) is 5.16. The Labute approximate surface area is 188 Å². The maximum Gasteiger partial charge on any atom is 0.312 e. The summed E-state index contributed by atoms with van der Waals surface area (Å²) in [6.07, 6.45) is 5.84. The molecule has 0 aromatic heterocycles. The van der Waals surface area contributed by atoms with Gasteiger partial charge in [0.05, 0.1) is 30.7 Å². The standard InChI is InChI=1S/C26H42O5/c1-23(2,3)15-25(7,24(4,5)6)22(28)30-10-8-9-29-19-17-11-16-12-18-21(27)31-20(19)26(18,13-16)14-17/h16-20H,8-15H2,1-7H3. The van der Waals surface area contributed by atoms with E-state index in [0.29, 0.717) is 31.5 Å². The Morgan fingerprint density at radius 1 is 1.06 bits per heavy atom. The van der Waals surface area contributed by atoms with E-state index in [9.17, 15) is 9.59 Å². The first kappa shape index (κ1) is 23.1. The summed E-state index contributed by atoms with van der Waals surface area (Å²) in [7, 11) is 0. The highest BCUT2D eigenvalue weighted by Gasteiger charge is 2.71. The van der Waals surface area contributed by atoms with Crippen molar-refractivity contribution in [3.8, 4) is 0 Å². The van der Waals surface area contributed by atoms with Crippen LogP contribution in [0.3, 0.4) is 0 Å². The summed E-state index contributed by atoms with van der Waals surface area (Å²) >= 11 is 0. The van der Waals surface area contributed by atoms with Crippen LogP contribution in [0.2, 0.25) is 0 Å². The molecule has 4 rings (SSSR count). The Hall–Kier alpha value is -1.10. The third-order valence-corrected chi connectivity index (χ3v) is 8.89. The van der Waals surface area contributed by atoms with E-state index >= 15 is 0 Å². The number of rotatable bonds is 7. The number of esters is 2. The normalized spacial score (nSPS) is 38.2. The van der Waals surface area contributed by atoms with Gasteiger partial charge in [-0.3, -0.25) is 9.59 Å². The number of hydrogen-bond acceptors (Lipinski definition) is 5. The molecular weight excluding hydrogens is 392 g/mol. The van der Waals surface area contributed by atoms with Crippen molar-refractivity contribution >= 4 is 11.9 Å². The quantitative estimate of drug-likeness (QED) is 0.409. The van der Waals surface area contributed by atoms with E-state index in [4.69, 9.17) is 14.2 Å². The molecule has 0 radical (unpaired) electrons. The lowest BCUT2D eigenvalue weighted by atomic mass is 9.61. The van der Waals surface area contributed by atoms with Crippen LogP contribution in [0, 0.1) is 39.4 Å². The fourth-order valence-electron chi connectivity index (χ4n) is 7.24. The smallest absolute Gasteiger partial charge is 0.312 e. The van der Waals surface area contributed by atoms with Crippen LogP contribution in [0.5, 0.6) is 0 Å². The Balaban J connectivity index is 1.28. The second-order valence-corrected chi connectivity index (χ2v) is 13.3. The third-order valence-electron chi connectivity index (χ3n) is 8.89. The topological polar surface area (TPSA) is 61.8 Å². The maximum atomic E-state index is 13.1. The molecule has 3 bridgehead atoms. The van der Waals surface area contributed by atoms with Gasteiger partial charge in [0, 0.05) is 11.8 Å². The Morgan fingerprint density at radius 2 is 1.77 bits per heavy atom. The molecule has 1 saturated heterocycles. The van der Waals surface area contributed by atoms with E-state index in [-0.39, 0.29) is 46.3 Å². The summed E-state index contributed by atoms with van der Waals surface area (Å²) in [6, 6.07) is 0. The van der Waals surface area contributed by atoms with Gasteiger partial charge in [-0.15, -0.1) is 0 Å². The van der Waals surface area contributed by atoms with Crippen molar-refractivity contribution in [3.05, 3.63) is 0 Å². The molecule has 7 atom stereocenters. The summed E-state index contributed by atoms with van der Waals surface area (Å²) in [5.41, 5.74) is -0.625. The SMILES string of the molecule is CC(C)(C)CC(C)(C(=O)OCCCOC1C2CC3CC4C(=O)OC1C4(C3)C2)C(C)(C)C. The zero-order valence-corrected chi connectivity index (χ0v) is 20.6. The van der Waals surface area contributed by atoms with Gasteiger partial charge in [0.1, 0.15) is 6.10 Å². The highest BCUT2D eigenvalue weighted by molar-refractivity contribution is 5.78. The Morgan fingerprint density at radius 3 is 2.42 bits per heavy atom. The zero-order chi connectivity index (χ0) is 22.8. The molecule has 0 N–H and O–H groups in total. The van der Waals surface area contributed by atoms with Gasteiger partial charge in [-0.25, -0.2) is 0 Å². The van der Waals surface area contributed by atoms with Crippen molar-refractivity contribution in [1.82, 2.24) is 0 Å². The molecule has 31 heavy (non-hydrogen) atoms. The first-order valence-electron chi connectivity index (χ1n) is 12.3. The maximum absolute atomic E-state index is 13.1. The monoisotopic (exact) mass is 434 g/mol. The van der Waals surface area contributed by atoms with Crippen molar-refractivity contribution in [2.45, 2.75) is 99.2 Å². The molecule has 5 nitrogen and oxygen atoms in total. The van der Waals surface area contributed by atoms with Gasteiger partial charge in [-0.1, -0.05) is 41.5 Å². The van der Waals surface area contributed by atoms with Crippen LogP contribution in [-0.4, -0.2) is 37.4 Å². The zero-order valence-electron chi connectivity index (χ0n) is 20.6. The van der Waals surface area contributed by atoms with E-state index in [1.54, 1.807) is 0 Å². The highest BCUT2D eigenvalue weighted by atomic mass is 16.6. The first-order chi connectivity index (χ1) is 14.3. The lowest BCUT2D eigenvalue weighted by molar-refractivity contribution is -0.165. The molecule has 1 spiro atoms. The minimum Gasteiger partial charge on any atom is -0.465 e. The van der Waals surface area contributed by atoms with Crippen LogP contribution in [0.15, 0.2) is 0 Å². The van der Waals surface area contributed by atoms with Crippen LogP contribution in [0.4, 0.5) is 0 Å². The van der Waals surface area contributed by atoms with Crippen LogP contribution in [-0.2, 0) is 23.8 Å². The van der Waals surface area contributed by atoms with Gasteiger partial charge >= 0.3 is 11.9 Å². The summed E-state index contributed by atoms with van der Waals surface area (Å²) < 4.78 is 17.9. The largest absolute Gasteiger partial charge is 0.465 e. The summed E-state index contributed by atoms with van der Waals surface area (Å²) in [5.74, 6) is 1.19. The average Bonchev–Trinajstić information content (AvgIpc) is 3.12. The molecule has 1 heterocycles. The molecular formula is C26H42O5. The molecule has 0 amide bonds. The summed E-state index contributed by atoms with van der Waals surface area (Å²) in [6.45, 7) is 15.8. The molecule has 3 aliphatic carbocycles. The minimum absolute atomic E-state index is 0.00990. The van der Waals surface area contributed by atoms with Gasteiger partial charge in [-0.05, 0) is 61.7 Å². The van der Waals surface area contributed by atoms with E-state index in [2.05, 4.69) is 41.5 Å². The van der Waals surface area contributed by atoms with Gasteiger partial charge in [0.15, 0.2) is 0 Å². The third kappa shape index (κ3) is 3.83. The first-order valence-corrected chi connectivity index (χ1v) is 12.3. The van der Waals surface area contributed by atoms with E-state index in [1.165, 1.54) is 6.42 Å².